The lowest BCUT2D eigenvalue weighted by atomic mass is 10.2. The van der Waals surface area contributed by atoms with Crippen LogP contribution >= 0.6 is 0 Å². The Balaban J connectivity index is 1.94. The summed E-state index contributed by atoms with van der Waals surface area (Å²) in [5.41, 5.74) is 1.46. The number of urea groups is 1. The van der Waals surface area contributed by atoms with Crippen LogP contribution in [0.4, 0.5) is 9.18 Å². The molecule has 2 amide bonds. The first-order valence-corrected chi connectivity index (χ1v) is 6.38. The molecule has 0 spiro atoms. The van der Waals surface area contributed by atoms with E-state index in [1.165, 1.54) is 12.1 Å². The molecule has 1 aromatic heterocycles. The minimum Gasteiger partial charge on any atom is -0.371 e. The van der Waals surface area contributed by atoms with Gasteiger partial charge in [0, 0.05) is 19.7 Å². The number of nitrogens with zero attached hydrogens (tertiary/aromatic N) is 2. The Labute approximate surface area is 114 Å². The SMILES string of the molecule is CNC(=O)NC[C@H]1COCc2nc3cc(F)ccc3n21. The molecule has 1 aliphatic heterocycles. The Morgan fingerprint density at radius 3 is 3.25 bits per heavy atom. The van der Waals surface area contributed by atoms with E-state index in [9.17, 15) is 9.18 Å². The maximum Gasteiger partial charge on any atom is 0.314 e. The summed E-state index contributed by atoms with van der Waals surface area (Å²) in [4.78, 5) is 15.7. The van der Waals surface area contributed by atoms with Gasteiger partial charge in [0.2, 0.25) is 0 Å². The zero-order chi connectivity index (χ0) is 14.1. The number of ether oxygens (including phenoxy) is 1. The summed E-state index contributed by atoms with van der Waals surface area (Å²) in [6, 6.07) is 4.23. The molecule has 6 nitrogen and oxygen atoms in total. The summed E-state index contributed by atoms with van der Waals surface area (Å²) in [5, 5.41) is 5.26. The zero-order valence-corrected chi connectivity index (χ0v) is 11.0. The number of aromatic nitrogens is 2. The van der Waals surface area contributed by atoms with Crippen LogP contribution in [0, 0.1) is 5.82 Å². The van der Waals surface area contributed by atoms with E-state index in [0.29, 0.717) is 25.3 Å². The van der Waals surface area contributed by atoms with Gasteiger partial charge in [-0.25, -0.2) is 14.2 Å². The fourth-order valence-corrected chi connectivity index (χ4v) is 2.44. The average molecular weight is 278 g/mol. The van der Waals surface area contributed by atoms with Gasteiger partial charge in [-0.15, -0.1) is 0 Å². The number of nitrogens with one attached hydrogen (secondary N) is 2. The van der Waals surface area contributed by atoms with Crippen molar-refractivity contribution < 1.29 is 13.9 Å². The lowest BCUT2D eigenvalue weighted by Gasteiger charge is -2.26. The fourth-order valence-electron chi connectivity index (χ4n) is 2.44. The smallest absolute Gasteiger partial charge is 0.314 e. The van der Waals surface area contributed by atoms with Gasteiger partial charge in [0.15, 0.2) is 0 Å². The number of amides is 2. The van der Waals surface area contributed by atoms with Gasteiger partial charge in [-0.3, -0.25) is 0 Å². The molecule has 1 atom stereocenters. The van der Waals surface area contributed by atoms with E-state index >= 15 is 0 Å². The lowest BCUT2D eigenvalue weighted by Crippen LogP contribution is -2.39. The van der Waals surface area contributed by atoms with Gasteiger partial charge in [-0.2, -0.15) is 0 Å². The van der Waals surface area contributed by atoms with Crippen LogP contribution in [0.3, 0.4) is 0 Å². The molecule has 7 heteroatoms. The van der Waals surface area contributed by atoms with Gasteiger partial charge in [-0.1, -0.05) is 0 Å². The molecule has 20 heavy (non-hydrogen) atoms. The molecule has 0 saturated heterocycles. The van der Waals surface area contributed by atoms with Crippen molar-refractivity contribution in [2.45, 2.75) is 12.6 Å². The predicted octanol–water partition coefficient (Wildman–Crippen LogP) is 1.18. The number of hydrogen-bond donors (Lipinski definition) is 2. The van der Waals surface area contributed by atoms with E-state index in [4.69, 9.17) is 4.74 Å². The van der Waals surface area contributed by atoms with Crippen molar-refractivity contribution in [3.63, 3.8) is 0 Å². The van der Waals surface area contributed by atoms with Crippen molar-refractivity contribution in [1.29, 1.82) is 0 Å². The van der Waals surface area contributed by atoms with Crippen molar-refractivity contribution in [1.82, 2.24) is 20.2 Å². The van der Waals surface area contributed by atoms with Crippen molar-refractivity contribution in [2.75, 3.05) is 20.2 Å². The molecule has 0 radical (unpaired) electrons. The summed E-state index contributed by atoms with van der Waals surface area (Å²) in [7, 11) is 1.56. The van der Waals surface area contributed by atoms with Crippen molar-refractivity contribution in [2.24, 2.45) is 0 Å². The molecule has 2 N–H and O–H groups in total. The van der Waals surface area contributed by atoms with Gasteiger partial charge in [0.25, 0.3) is 0 Å². The van der Waals surface area contributed by atoms with E-state index in [-0.39, 0.29) is 17.9 Å². The second kappa shape index (κ2) is 5.09. The lowest BCUT2D eigenvalue weighted by molar-refractivity contribution is 0.0572. The van der Waals surface area contributed by atoms with Gasteiger partial charge in [0.1, 0.15) is 18.2 Å². The Kier molecular flexibility index (Phi) is 3.27. The molecule has 0 fully saturated rings. The number of halogens is 1. The maximum absolute atomic E-state index is 13.3. The van der Waals surface area contributed by atoms with Crippen LogP contribution in [-0.2, 0) is 11.3 Å². The standard InChI is InChI=1S/C13H15FN4O2/c1-15-13(19)16-5-9-6-20-7-12-17-10-4-8(14)2-3-11(10)18(9)12/h2-4,9H,5-7H2,1H3,(H2,15,16,19)/t9-/m0/s1. The first kappa shape index (κ1) is 12.9. The number of rotatable bonds is 2. The summed E-state index contributed by atoms with van der Waals surface area (Å²) >= 11 is 0. The summed E-state index contributed by atoms with van der Waals surface area (Å²) in [6.07, 6.45) is 0. The van der Waals surface area contributed by atoms with Crippen molar-refractivity contribution in [3.05, 3.63) is 29.8 Å². The molecule has 1 aliphatic rings. The fraction of sp³-hybridized carbons (Fsp3) is 0.385. The average Bonchev–Trinajstić information content (AvgIpc) is 2.82. The van der Waals surface area contributed by atoms with Crippen LogP contribution < -0.4 is 10.6 Å². The molecule has 0 unspecified atom stereocenters. The van der Waals surface area contributed by atoms with Crippen LogP contribution in [0.2, 0.25) is 0 Å². The quantitative estimate of drug-likeness (QED) is 0.866. The van der Waals surface area contributed by atoms with Gasteiger partial charge >= 0.3 is 6.03 Å². The third-order valence-electron chi connectivity index (χ3n) is 3.36. The molecule has 3 rings (SSSR count). The molecule has 2 heterocycles. The third-order valence-corrected chi connectivity index (χ3v) is 3.36. The molecule has 0 bridgehead atoms. The highest BCUT2D eigenvalue weighted by Crippen LogP contribution is 2.26. The second-order valence-electron chi connectivity index (χ2n) is 4.66. The summed E-state index contributed by atoms with van der Waals surface area (Å²) < 4.78 is 20.7. The molecule has 0 aliphatic carbocycles. The number of benzene rings is 1. The topological polar surface area (TPSA) is 68.2 Å². The molecular formula is C13H15FN4O2. The maximum atomic E-state index is 13.3. The van der Waals surface area contributed by atoms with E-state index in [2.05, 4.69) is 15.6 Å². The number of carbonyl (C=O) groups is 1. The molecule has 1 aromatic carbocycles. The Morgan fingerprint density at radius 2 is 2.45 bits per heavy atom. The normalized spacial score (nSPS) is 17.8. The highest BCUT2D eigenvalue weighted by molar-refractivity contribution is 5.76. The largest absolute Gasteiger partial charge is 0.371 e. The summed E-state index contributed by atoms with van der Waals surface area (Å²) in [5.74, 6) is 0.439. The first-order chi connectivity index (χ1) is 9.69. The minimum atomic E-state index is -0.311. The summed E-state index contributed by atoms with van der Waals surface area (Å²) in [6.45, 7) is 1.31. The Hall–Kier alpha value is -2.15. The monoisotopic (exact) mass is 278 g/mol. The highest BCUT2D eigenvalue weighted by atomic mass is 19.1. The second-order valence-corrected chi connectivity index (χ2v) is 4.66. The molecule has 106 valence electrons. The van der Waals surface area contributed by atoms with Crippen LogP contribution in [0.1, 0.15) is 11.9 Å². The number of hydrogen-bond acceptors (Lipinski definition) is 3. The molecular weight excluding hydrogens is 263 g/mol. The van der Waals surface area contributed by atoms with Gasteiger partial charge in [0.05, 0.1) is 23.7 Å². The van der Waals surface area contributed by atoms with Crippen LogP contribution in [0.15, 0.2) is 18.2 Å². The minimum absolute atomic E-state index is 0.0495. The Bertz CT molecular complexity index is 655. The van der Waals surface area contributed by atoms with E-state index in [1.807, 2.05) is 4.57 Å². The van der Waals surface area contributed by atoms with E-state index < -0.39 is 0 Å². The predicted molar refractivity (Wildman–Crippen MR) is 70.8 cm³/mol. The van der Waals surface area contributed by atoms with Crippen LogP contribution in [0.5, 0.6) is 0 Å². The number of carbonyl (C=O) groups excluding carboxylic acids is 1. The van der Waals surface area contributed by atoms with Crippen LogP contribution in [0.25, 0.3) is 11.0 Å². The van der Waals surface area contributed by atoms with Gasteiger partial charge in [-0.05, 0) is 12.1 Å². The Morgan fingerprint density at radius 1 is 1.60 bits per heavy atom. The molecule has 0 saturated carbocycles. The van der Waals surface area contributed by atoms with E-state index in [0.717, 1.165) is 11.3 Å². The van der Waals surface area contributed by atoms with Gasteiger partial charge < -0.3 is 19.9 Å². The third kappa shape index (κ3) is 2.20. The van der Waals surface area contributed by atoms with E-state index in [1.54, 1.807) is 13.1 Å². The highest BCUT2D eigenvalue weighted by Gasteiger charge is 2.24. The number of imidazole rings is 1. The zero-order valence-electron chi connectivity index (χ0n) is 11.0. The number of fused-ring (bicyclic) bond motifs is 3. The first-order valence-electron chi connectivity index (χ1n) is 6.38. The molecule has 2 aromatic rings. The van der Waals surface area contributed by atoms with Crippen LogP contribution in [-0.4, -0.2) is 35.8 Å². The van der Waals surface area contributed by atoms with Crippen molar-refractivity contribution in [3.8, 4) is 0 Å². The van der Waals surface area contributed by atoms with Crippen molar-refractivity contribution >= 4 is 17.1 Å².